The number of ether oxygens (including phenoxy) is 2. The molecule has 0 saturated carbocycles. The molecule has 7 nitrogen and oxygen atoms in total. The molecule has 0 aliphatic heterocycles. The third-order valence-corrected chi connectivity index (χ3v) is 5.66. The zero-order valence-electron chi connectivity index (χ0n) is 17.4. The van der Waals surface area contributed by atoms with Crippen LogP contribution in [0.4, 0.5) is 5.69 Å². The second kappa shape index (κ2) is 10.7. The Bertz CT molecular complexity index is 973. The van der Waals surface area contributed by atoms with Crippen LogP contribution in [0.2, 0.25) is 0 Å². The Morgan fingerprint density at radius 2 is 1.80 bits per heavy atom. The quantitative estimate of drug-likeness (QED) is 0.498. The van der Waals surface area contributed by atoms with Gasteiger partial charge in [0.2, 0.25) is 5.91 Å². The van der Waals surface area contributed by atoms with Crippen LogP contribution < -0.4 is 14.8 Å². The molecular weight excluding hydrogens is 400 g/mol. The Morgan fingerprint density at radius 1 is 1.03 bits per heavy atom. The molecule has 0 unspecified atom stereocenters. The maximum atomic E-state index is 12.2. The SMILES string of the molecule is COc1ccc(CCCc2nnc(SCC(=O)Nc3cccc(OC)c3)n2C)cc1. The predicted molar refractivity (Wildman–Crippen MR) is 118 cm³/mol. The largest absolute Gasteiger partial charge is 0.497 e. The van der Waals surface area contributed by atoms with Gasteiger partial charge in [-0.1, -0.05) is 30.0 Å². The van der Waals surface area contributed by atoms with Crippen molar-refractivity contribution < 1.29 is 14.3 Å². The number of rotatable bonds is 10. The van der Waals surface area contributed by atoms with Crippen molar-refractivity contribution in [2.45, 2.75) is 24.4 Å². The summed E-state index contributed by atoms with van der Waals surface area (Å²) in [6, 6.07) is 15.4. The Kier molecular flexibility index (Phi) is 7.73. The number of benzene rings is 2. The van der Waals surface area contributed by atoms with E-state index in [1.165, 1.54) is 17.3 Å². The maximum Gasteiger partial charge on any atom is 0.234 e. The molecular formula is C22H26N4O3S. The van der Waals surface area contributed by atoms with E-state index in [1.807, 2.05) is 41.9 Å². The summed E-state index contributed by atoms with van der Waals surface area (Å²) in [5.41, 5.74) is 1.97. The summed E-state index contributed by atoms with van der Waals surface area (Å²) >= 11 is 1.37. The molecule has 2 aromatic carbocycles. The van der Waals surface area contributed by atoms with Crippen LogP contribution in [-0.4, -0.2) is 40.6 Å². The molecule has 1 amide bonds. The standard InChI is InChI=1S/C22H26N4O3S/c1-26-20(9-4-6-16-10-12-18(28-2)13-11-16)24-25-22(26)30-15-21(27)23-17-7-5-8-19(14-17)29-3/h5,7-8,10-14H,4,6,9,15H2,1-3H3,(H,23,27). The number of carbonyl (C=O) groups excluding carboxylic acids is 1. The fraction of sp³-hybridized carbons (Fsp3) is 0.318. The molecule has 0 radical (unpaired) electrons. The molecule has 0 bridgehead atoms. The highest BCUT2D eigenvalue weighted by atomic mass is 32.2. The number of hydrogen-bond donors (Lipinski definition) is 1. The monoisotopic (exact) mass is 426 g/mol. The zero-order chi connectivity index (χ0) is 21.3. The molecule has 158 valence electrons. The van der Waals surface area contributed by atoms with Gasteiger partial charge in [-0.3, -0.25) is 4.79 Å². The Hall–Kier alpha value is -3.00. The number of amides is 1. The molecule has 0 aliphatic carbocycles. The molecule has 1 aromatic heterocycles. The summed E-state index contributed by atoms with van der Waals surface area (Å²) in [5.74, 6) is 2.64. The first-order chi connectivity index (χ1) is 14.6. The number of thioether (sulfide) groups is 1. The molecule has 0 fully saturated rings. The second-order valence-electron chi connectivity index (χ2n) is 6.73. The molecule has 30 heavy (non-hydrogen) atoms. The van der Waals surface area contributed by atoms with E-state index in [0.29, 0.717) is 11.4 Å². The number of nitrogens with zero attached hydrogens (tertiary/aromatic N) is 3. The van der Waals surface area contributed by atoms with Crippen molar-refractivity contribution in [2.75, 3.05) is 25.3 Å². The maximum absolute atomic E-state index is 12.2. The van der Waals surface area contributed by atoms with Gasteiger partial charge >= 0.3 is 0 Å². The van der Waals surface area contributed by atoms with Crippen LogP contribution in [0.1, 0.15) is 17.8 Å². The van der Waals surface area contributed by atoms with Crippen LogP contribution >= 0.6 is 11.8 Å². The van der Waals surface area contributed by atoms with Crippen molar-refractivity contribution in [2.24, 2.45) is 7.05 Å². The van der Waals surface area contributed by atoms with Gasteiger partial charge in [0.15, 0.2) is 5.16 Å². The molecule has 8 heteroatoms. The summed E-state index contributed by atoms with van der Waals surface area (Å²) in [6.45, 7) is 0. The number of aryl methyl sites for hydroxylation is 2. The van der Waals surface area contributed by atoms with E-state index in [9.17, 15) is 4.79 Å². The van der Waals surface area contributed by atoms with Gasteiger partial charge in [-0.15, -0.1) is 10.2 Å². The van der Waals surface area contributed by atoms with Gasteiger partial charge in [0, 0.05) is 25.2 Å². The lowest BCUT2D eigenvalue weighted by molar-refractivity contribution is -0.113. The van der Waals surface area contributed by atoms with Crippen molar-refractivity contribution in [3.05, 3.63) is 59.9 Å². The summed E-state index contributed by atoms with van der Waals surface area (Å²) in [4.78, 5) is 12.2. The summed E-state index contributed by atoms with van der Waals surface area (Å²) in [5, 5.41) is 12.1. The van der Waals surface area contributed by atoms with Gasteiger partial charge in [-0.05, 0) is 42.7 Å². The number of aromatic nitrogens is 3. The van der Waals surface area contributed by atoms with Crippen molar-refractivity contribution in [1.29, 1.82) is 0 Å². The van der Waals surface area contributed by atoms with Crippen LogP contribution in [0.3, 0.4) is 0 Å². The molecule has 1 N–H and O–H groups in total. The van der Waals surface area contributed by atoms with E-state index in [-0.39, 0.29) is 11.7 Å². The first kappa shape index (κ1) is 21.7. The lowest BCUT2D eigenvalue weighted by Crippen LogP contribution is -2.14. The lowest BCUT2D eigenvalue weighted by Gasteiger charge is -2.07. The van der Waals surface area contributed by atoms with Gasteiger partial charge in [-0.25, -0.2) is 0 Å². The number of anilines is 1. The normalized spacial score (nSPS) is 10.6. The van der Waals surface area contributed by atoms with Crippen LogP contribution in [-0.2, 0) is 24.7 Å². The van der Waals surface area contributed by atoms with Crippen LogP contribution in [0.15, 0.2) is 53.7 Å². The van der Waals surface area contributed by atoms with Gasteiger partial charge in [0.05, 0.1) is 20.0 Å². The molecule has 0 spiro atoms. The highest BCUT2D eigenvalue weighted by molar-refractivity contribution is 7.99. The highest BCUT2D eigenvalue weighted by Gasteiger charge is 2.12. The first-order valence-electron chi connectivity index (χ1n) is 9.67. The van der Waals surface area contributed by atoms with E-state index in [0.717, 1.165) is 36.0 Å². The number of carbonyl (C=O) groups is 1. The zero-order valence-corrected chi connectivity index (χ0v) is 18.2. The first-order valence-corrected chi connectivity index (χ1v) is 10.7. The smallest absolute Gasteiger partial charge is 0.234 e. The average Bonchev–Trinajstić information content (AvgIpc) is 3.12. The van der Waals surface area contributed by atoms with Crippen LogP contribution in [0, 0.1) is 0 Å². The second-order valence-corrected chi connectivity index (χ2v) is 7.67. The van der Waals surface area contributed by atoms with E-state index >= 15 is 0 Å². The van der Waals surface area contributed by atoms with Crippen molar-refractivity contribution in [3.63, 3.8) is 0 Å². The Labute approximate surface area is 180 Å². The predicted octanol–water partition coefficient (Wildman–Crippen LogP) is 3.74. The van der Waals surface area contributed by atoms with Gasteiger partial charge in [0.25, 0.3) is 0 Å². The van der Waals surface area contributed by atoms with Crippen LogP contribution in [0.25, 0.3) is 0 Å². The third kappa shape index (κ3) is 6.00. The molecule has 0 atom stereocenters. The van der Waals surface area contributed by atoms with Gasteiger partial charge < -0.3 is 19.4 Å². The number of nitrogens with one attached hydrogen (secondary N) is 1. The summed E-state index contributed by atoms with van der Waals surface area (Å²) in [7, 11) is 5.20. The minimum atomic E-state index is -0.0997. The molecule has 1 heterocycles. The Morgan fingerprint density at radius 3 is 2.53 bits per heavy atom. The fourth-order valence-electron chi connectivity index (χ4n) is 2.96. The molecule has 3 rings (SSSR count). The highest BCUT2D eigenvalue weighted by Crippen LogP contribution is 2.20. The van der Waals surface area contributed by atoms with Crippen molar-refractivity contribution in [3.8, 4) is 11.5 Å². The number of hydrogen-bond acceptors (Lipinski definition) is 6. The molecule has 3 aromatic rings. The molecule has 0 aliphatic rings. The minimum absolute atomic E-state index is 0.0997. The summed E-state index contributed by atoms with van der Waals surface area (Å²) in [6.07, 6.45) is 2.76. The average molecular weight is 427 g/mol. The van der Waals surface area contributed by atoms with Gasteiger partial charge in [-0.2, -0.15) is 0 Å². The van der Waals surface area contributed by atoms with E-state index in [2.05, 4.69) is 27.6 Å². The number of methoxy groups -OCH3 is 2. The summed E-state index contributed by atoms with van der Waals surface area (Å²) < 4.78 is 12.3. The topological polar surface area (TPSA) is 78.3 Å². The van der Waals surface area contributed by atoms with Crippen molar-refractivity contribution >= 4 is 23.4 Å². The Balaban J connectivity index is 1.46. The van der Waals surface area contributed by atoms with E-state index < -0.39 is 0 Å². The third-order valence-electron chi connectivity index (χ3n) is 4.64. The van der Waals surface area contributed by atoms with E-state index in [4.69, 9.17) is 9.47 Å². The lowest BCUT2D eigenvalue weighted by atomic mass is 10.1. The fourth-order valence-corrected chi connectivity index (χ4v) is 3.69. The van der Waals surface area contributed by atoms with E-state index in [1.54, 1.807) is 20.3 Å². The minimum Gasteiger partial charge on any atom is -0.497 e. The van der Waals surface area contributed by atoms with Crippen molar-refractivity contribution in [1.82, 2.24) is 14.8 Å². The van der Waals surface area contributed by atoms with Gasteiger partial charge in [0.1, 0.15) is 17.3 Å². The molecule has 0 saturated heterocycles. The van der Waals surface area contributed by atoms with Crippen LogP contribution in [0.5, 0.6) is 11.5 Å².